The van der Waals surface area contributed by atoms with Crippen LogP contribution in [0.1, 0.15) is 27.9 Å². The lowest BCUT2D eigenvalue weighted by atomic mass is 9.88. The Labute approximate surface area is 187 Å². The molecule has 0 spiro atoms. The highest BCUT2D eigenvalue weighted by molar-refractivity contribution is 6.10. The minimum atomic E-state index is -2.09. The standard InChI is InChI=1S/C24H18N2O7/c27-20(16-4-3-5-17(11-16)26(30)31)12-24(29)18-6-1-2-7-19(18)25(23(24)28)13-15-8-9-21-22(10-15)33-14-32-21/h1-11,29H,12-14H2/t24-/m1/s1. The van der Waals surface area contributed by atoms with Crippen LogP contribution in [-0.4, -0.2) is 28.5 Å². The van der Waals surface area contributed by atoms with Crippen LogP contribution in [-0.2, 0) is 16.9 Å². The maximum Gasteiger partial charge on any atom is 0.270 e. The van der Waals surface area contributed by atoms with E-state index in [1.165, 1.54) is 23.1 Å². The molecule has 9 nitrogen and oxygen atoms in total. The predicted octanol–water partition coefficient (Wildman–Crippen LogP) is 3.33. The number of fused-ring (bicyclic) bond motifs is 2. The van der Waals surface area contributed by atoms with Crippen molar-refractivity contribution in [2.45, 2.75) is 18.6 Å². The number of benzene rings is 3. The zero-order valence-electron chi connectivity index (χ0n) is 17.3. The summed E-state index contributed by atoms with van der Waals surface area (Å²) in [6.45, 7) is 0.281. The van der Waals surface area contributed by atoms with Crippen LogP contribution in [0, 0.1) is 10.1 Å². The number of ether oxygens (including phenoxy) is 2. The van der Waals surface area contributed by atoms with Crippen molar-refractivity contribution in [2.75, 3.05) is 11.7 Å². The second kappa shape index (κ2) is 7.72. The van der Waals surface area contributed by atoms with Crippen LogP contribution in [0.5, 0.6) is 11.5 Å². The number of carbonyl (C=O) groups is 2. The summed E-state index contributed by atoms with van der Waals surface area (Å²) in [7, 11) is 0. The van der Waals surface area contributed by atoms with E-state index in [1.54, 1.807) is 42.5 Å². The van der Waals surface area contributed by atoms with Gasteiger partial charge in [0.1, 0.15) is 0 Å². The molecule has 0 aliphatic carbocycles. The summed E-state index contributed by atoms with van der Waals surface area (Å²) in [5.41, 5.74) is -0.706. The summed E-state index contributed by atoms with van der Waals surface area (Å²) < 4.78 is 10.7. The number of nitro groups is 1. The number of carbonyl (C=O) groups excluding carboxylic acids is 2. The van der Waals surface area contributed by atoms with E-state index >= 15 is 0 Å². The van der Waals surface area contributed by atoms with Gasteiger partial charge in [0.05, 0.1) is 23.6 Å². The summed E-state index contributed by atoms with van der Waals surface area (Å²) >= 11 is 0. The van der Waals surface area contributed by atoms with Crippen molar-refractivity contribution in [1.29, 1.82) is 0 Å². The summed E-state index contributed by atoms with van der Waals surface area (Å²) in [6, 6.07) is 17.3. The monoisotopic (exact) mass is 446 g/mol. The molecule has 1 N–H and O–H groups in total. The average Bonchev–Trinajstić information content (AvgIpc) is 3.36. The maximum atomic E-state index is 13.4. The number of amides is 1. The van der Waals surface area contributed by atoms with Crippen molar-refractivity contribution < 1.29 is 29.1 Å². The molecule has 2 aliphatic rings. The van der Waals surface area contributed by atoms with Gasteiger partial charge in [-0.1, -0.05) is 36.4 Å². The van der Waals surface area contributed by atoms with Gasteiger partial charge >= 0.3 is 0 Å². The average molecular weight is 446 g/mol. The van der Waals surface area contributed by atoms with Crippen LogP contribution in [0.25, 0.3) is 0 Å². The van der Waals surface area contributed by atoms with Crippen molar-refractivity contribution in [3.8, 4) is 11.5 Å². The number of Topliss-reactive ketones (excluding diaryl/α,β-unsaturated/α-hetero) is 1. The smallest absolute Gasteiger partial charge is 0.270 e. The van der Waals surface area contributed by atoms with Gasteiger partial charge in [0, 0.05) is 23.3 Å². The van der Waals surface area contributed by atoms with Crippen molar-refractivity contribution in [3.05, 3.63) is 93.5 Å². The third-order valence-electron chi connectivity index (χ3n) is 5.81. The Bertz CT molecular complexity index is 1310. The van der Waals surface area contributed by atoms with Gasteiger partial charge in [0.25, 0.3) is 11.6 Å². The van der Waals surface area contributed by atoms with Crippen molar-refractivity contribution in [2.24, 2.45) is 0 Å². The molecule has 0 saturated carbocycles. The molecule has 1 atom stereocenters. The highest BCUT2D eigenvalue weighted by atomic mass is 16.7. The fourth-order valence-corrected chi connectivity index (χ4v) is 4.18. The van der Waals surface area contributed by atoms with Gasteiger partial charge in [-0.3, -0.25) is 19.7 Å². The second-order valence-corrected chi connectivity index (χ2v) is 7.86. The molecule has 0 fully saturated rings. The first-order valence-electron chi connectivity index (χ1n) is 10.2. The van der Waals surface area contributed by atoms with Gasteiger partial charge < -0.3 is 19.5 Å². The Balaban J connectivity index is 1.46. The Morgan fingerprint density at radius 1 is 1.06 bits per heavy atom. The maximum absolute atomic E-state index is 13.4. The molecule has 0 radical (unpaired) electrons. The zero-order valence-corrected chi connectivity index (χ0v) is 17.3. The molecule has 0 unspecified atom stereocenters. The lowest BCUT2D eigenvalue weighted by molar-refractivity contribution is -0.384. The largest absolute Gasteiger partial charge is 0.454 e. The second-order valence-electron chi connectivity index (χ2n) is 7.86. The Kier molecular flexibility index (Phi) is 4.83. The number of nitrogens with zero attached hydrogens (tertiary/aromatic N) is 2. The number of nitro benzene ring substituents is 1. The summed E-state index contributed by atoms with van der Waals surface area (Å²) in [5, 5.41) is 22.5. The van der Waals surface area contributed by atoms with E-state index in [4.69, 9.17) is 9.47 Å². The van der Waals surface area contributed by atoms with Crippen LogP contribution < -0.4 is 14.4 Å². The van der Waals surface area contributed by atoms with Gasteiger partial charge in [-0.25, -0.2) is 0 Å². The predicted molar refractivity (Wildman–Crippen MR) is 116 cm³/mol. The number of ketones is 1. The number of rotatable bonds is 6. The van der Waals surface area contributed by atoms with E-state index in [9.17, 15) is 24.8 Å². The first-order valence-corrected chi connectivity index (χ1v) is 10.2. The zero-order chi connectivity index (χ0) is 23.2. The summed E-state index contributed by atoms with van der Waals surface area (Å²) in [5.74, 6) is -0.0241. The van der Waals surface area contributed by atoms with Crippen LogP contribution in [0.3, 0.4) is 0 Å². The number of para-hydroxylation sites is 1. The fraction of sp³-hybridized carbons (Fsp3) is 0.167. The number of non-ortho nitro benzene ring substituents is 1. The van der Waals surface area contributed by atoms with Crippen LogP contribution in [0.15, 0.2) is 66.7 Å². The van der Waals surface area contributed by atoms with E-state index in [0.29, 0.717) is 22.7 Å². The van der Waals surface area contributed by atoms with Gasteiger partial charge in [-0.2, -0.15) is 0 Å². The Hall–Kier alpha value is -4.24. The highest BCUT2D eigenvalue weighted by Crippen LogP contribution is 2.44. The van der Waals surface area contributed by atoms with Crippen molar-refractivity contribution >= 4 is 23.1 Å². The molecule has 1 amide bonds. The topological polar surface area (TPSA) is 119 Å². The van der Waals surface area contributed by atoms with Crippen LogP contribution in [0.4, 0.5) is 11.4 Å². The number of hydrogen-bond donors (Lipinski definition) is 1. The lowest BCUT2D eigenvalue weighted by Crippen LogP contribution is -2.41. The third-order valence-corrected chi connectivity index (χ3v) is 5.81. The first-order chi connectivity index (χ1) is 15.9. The van der Waals surface area contributed by atoms with E-state index in [-0.39, 0.29) is 24.6 Å². The van der Waals surface area contributed by atoms with Crippen LogP contribution in [0.2, 0.25) is 0 Å². The first kappa shape index (κ1) is 20.7. The number of aliphatic hydroxyl groups is 1. The molecular weight excluding hydrogens is 428 g/mol. The number of hydrogen-bond acceptors (Lipinski definition) is 7. The fourth-order valence-electron chi connectivity index (χ4n) is 4.18. The minimum absolute atomic E-state index is 0.0529. The van der Waals surface area contributed by atoms with Crippen molar-refractivity contribution in [3.63, 3.8) is 0 Å². The number of anilines is 1. The molecule has 2 heterocycles. The lowest BCUT2D eigenvalue weighted by Gasteiger charge is -2.23. The van der Waals surface area contributed by atoms with E-state index in [2.05, 4.69) is 0 Å². The Morgan fingerprint density at radius 2 is 1.85 bits per heavy atom. The van der Waals surface area contributed by atoms with Gasteiger partial charge in [-0.15, -0.1) is 0 Å². The molecule has 166 valence electrons. The molecule has 0 bridgehead atoms. The molecular formula is C24H18N2O7. The molecule has 0 aromatic heterocycles. The minimum Gasteiger partial charge on any atom is -0.454 e. The normalized spacial score (nSPS) is 18.3. The SMILES string of the molecule is O=C(C[C@]1(O)C(=O)N(Cc2ccc3c(c2)OCO3)c2ccccc21)c1cccc([N+](=O)[O-])c1. The van der Waals surface area contributed by atoms with Gasteiger partial charge in [-0.05, 0) is 23.8 Å². The molecule has 3 aromatic rings. The molecule has 0 saturated heterocycles. The van der Waals surface area contributed by atoms with Crippen LogP contribution >= 0.6 is 0 Å². The van der Waals surface area contributed by atoms with Crippen molar-refractivity contribution in [1.82, 2.24) is 0 Å². The molecule has 2 aliphatic heterocycles. The quantitative estimate of drug-likeness (QED) is 0.350. The van der Waals surface area contributed by atoms with Gasteiger partial charge in [0.2, 0.25) is 6.79 Å². The summed E-state index contributed by atoms with van der Waals surface area (Å²) in [4.78, 5) is 38.2. The van der Waals surface area contributed by atoms with E-state index < -0.39 is 28.6 Å². The summed E-state index contributed by atoms with van der Waals surface area (Å²) in [6.07, 6.45) is -0.540. The third kappa shape index (κ3) is 3.48. The molecule has 33 heavy (non-hydrogen) atoms. The van der Waals surface area contributed by atoms with E-state index in [0.717, 1.165) is 11.6 Å². The molecule has 5 rings (SSSR count). The molecule has 3 aromatic carbocycles. The molecule has 9 heteroatoms. The highest BCUT2D eigenvalue weighted by Gasteiger charge is 2.50. The van der Waals surface area contributed by atoms with Gasteiger partial charge in [0.15, 0.2) is 22.9 Å². The van der Waals surface area contributed by atoms with E-state index in [1.807, 2.05) is 0 Å². The Morgan fingerprint density at radius 3 is 2.67 bits per heavy atom.